The van der Waals surface area contributed by atoms with E-state index in [-0.39, 0.29) is 11.8 Å². The molecule has 2 nitrogen and oxygen atoms in total. The van der Waals surface area contributed by atoms with Crippen molar-refractivity contribution in [3.8, 4) is 0 Å². The third-order valence-electron chi connectivity index (χ3n) is 2.40. The molecule has 0 amide bonds. The summed E-state index contributed by atoms with van der Waals surface area (Å²) in [7, 11) is 0. The maximum absolute atomic E-state index is 10.8. The maximum atomic E-state index is 10.8. The minimum atomic E-state index is -0.215. The van der Waals surface area contributed by atoms with Gasteiger partial charge in [0.15, 0.2) is 0 Å². The molecule has 0 aromatic heterocycles. The van der Waals surface area contributed by atoms with E-state index in [2.05, 4.69) is 6.92 Å². The molecule has 1 rings (SSSR count). The van der Waals surface area contributed by atoms with Crippen LogP contribution in [-0.2, 0) is 4.79 Å². The van der Waals surface area contributed by atoms with Crippen LogP contribution in [0.3, 0.4) is 0 Å². The zero-order chi connectivity index (χ0) is 7.72. The number of nitrogens with two attached hydrogens (primary N) is 1. The largest absolute Gasteiger partial charge is 0.321 e. The molecular formula is C8H15NO. The Morgan fingerprint density at radius 3 is 2.40 bits per heavy atom. The van der Waals surface area contributed by atoms with Gasteiger partial charge in [0, 0.05) is 0 Å². The predicted octanol–water partition coefficient (Wildman–Crippen LogP) is 0.949. The third kappa shape index (κ3) is 1.57. The first-order chi connectivity index (χ1) is 4.63. The smallest absolute Gasteiger partial charge is 0.146 e. The highest BCUT2D eigenvalue weighted by Gasteiger charge is 2.33. The molecule has 0 heterocycles. The van der Waals surface area contributed by atoms with Gasteiger partial charge in [-0.3, -0.25) is 4.79 Å². The highest BCUT2D eigenvalue weighted by atomic mass is 16.1. The van der Waals surface area contributed by atoms with E-state index in [1.807, 2.05) is 0 Å². The van der Waals surface area contributed by atoms with Gasteiger partial charge in [0.25, 0.3) is 0 Å². The van der Waals surface area contributed by atoms with Gasteiger partial charge >= 0.3 is 0 Å². The molecule has 0 radical (unpaired) electrons. The molecule has 2 unspecified atom stereocenters. The third-order valence-corrected chi connectivity index (χ3v) is 2.40. The van der Waals surface area contributed by atoms with Crippen LogP contribution >= 0.6 is 0 Å². The van der Waals surface area contributed by atoms with E-state index in [1.165, 1.54) is 12.8 Å². The molecule has 0 bridgehead atoms. The van der Waals surface area contributed by atoms with Crippen LogP contribution in [-0.4, -0.2) is 11.8 Å². The van der Waals surface area contributed by atoms with Gasteiger partial charge in [-0.05, 0) is 31.6 Å². The lowest BCUT2D eigenvalue weighted by Crippen LogP contribution is -2.36. The van der Waals surface area contributed by atoms with E-state index in [0.717, 1.165) is 5.92 Å². The Kier molecular flexibility index (Phi) is 2.09. The minimum Gasteiger partial charge on any atom is -0.321 e. The molecule has 0 aromatic carbocycles. The summed E-state index contributed by atoms with van der Waals surface area (Å²) in [5.74, 6) is 1.26. The van der Waals surface area contributed by atoms with Crippen LogP contribution in [0.4, 0.5) is 0 Å². The van der Waals surface area contributed by atoms with E-state index in [0.29, 0.717) is 5.92 Å². The van der Waals surface area contributed by atoms with E-state index in [4.69, 9.17) is 5.73 Å². The first-order valence-electron chi connectivity index (χ1n) is 3.89. The molecule has 1 aliphatic rings. The Hall–Kier alpha value is -0.370. The summed E-state index contributed by atoms with van der Waals surface area (Å²) < 4.78 is 0. The van der Waals surface area contributed by atoms with Gasteiger partial charge in [0.1, 0.15) is 5.78 Å². The van der Waals surface area contributed by atoms with Crippen LogP contribution in [0.15, 0.2) is 0 Å². The Bertz CT molecular complexity index is 140. The van der Waals surface area contributed by atoms with Gasteiger partial charge in [-0.15, -0.1) is 0 Å². The zero-order valence-electron chi connectivity index (χ0n) is 6.63. The lowest BCUT2D eigenvalue weighted by molar-refractivity contribution is -0.119. The number of carbonyl (C=O) groups is 1. The molecule has 58 valence electrons. The van der Waals surface area contributed by atoms with Gasteiger partial charge in [-0.1, -0.05) is 6.92 Å². The maximum Gasteiger partial charge on any atom is 0.146 e. The molecule has 1 fully saturated rings. The van der Waals surface area contributed by atoms with Gasteiger partial charge in [0.2, 0.25) is 0 Å². The fourth-order valence-corrected chi connectivity index (χ4v) is 1.29. The highest BCUT2D eigenvalue weighted by Crippen LogP contribution is 2.37. The van der Waals surface area contributed by atoms with Crippen molar-refractivity contribution in [2.45, 2.75) is 32.7 Å². The number of Topliss-reactive ketones (excluding diaryl/α,β-unsaturated/α-hetero) is 1. The van der Waals surface area contributed by atoms with Gasteiger partial charge in [0.05, 0.1) is 6.04 Å². The quantitative estimate of drug-likeness (QED) is 0.636. The molecule has 0 aromatic rings. The molecule has 2 heteroatoms. The van der Waals surface area contributed by atoms with Crippen molar-refractivity contribution in [1.82, 2.24) is 0 Å². The van der Waals surface area contributed by atoms with Gasteiger partial charge in [-0.2, -0.15) is 0 Å². The topological polar surface area (TPSA) is 43.1 Å². The van der Waals surface area contributed by atoms with Crippen LogP contribution in [0.25, 0.3) is 0 Å². The summed E-state index contributed by atoms with van der Waals surface area (Å²) in [5, 5.41) is 0. The normalized spacial score (nSPS) is 23.9. The number of carbonyl (C=O) groups excluding carboxylic acids is 1. The second-order valence-corrected chi connectivity index (χ2v) is 3.33. The average molecular weight is 141 g/mol. The van der Waals surface area contributed by atoms with Crippen molar-refractivity contribution in [2.24, 2.45) is 17.6 Å². The van der Waals surface area contributed by atoms with Crippen molar-refractivity contribution in [3.05, 3.63) is 0 Å². The number of hydrogen-bond acceptors (Lipinski definition) is 2. The van der Waals surface area contributed by atoms with Gasteiger partial charge < -0.3 is 5.73 Å². The monoisotopic (exact) mass is 141 g/mol. The number of ketones is 1. The second kappa shape index (κ2) is 2.70. The molecule has 2 atom stereocenters. The first kappa shape index (κ1) is 7.73. The van der Waals surface area contributed by atoms with Crippen LogP contribution in [0.5, 0.6) is 0 Å². The summed E-state index contributed by atoms with van der Waals surface area (Å²) >= 11 is 0. The molecule has 0 saturated heterocycles. The summed E-state index contributed by atoms with van der Waals surface area (Å²) in [4.78, 5) is 10.8. The van der Waals surface area contributed by atoms with Crippen LogP contribution < -0.4 is 5.73 Å². The molecule has 1 aliphatic carbocycles. The average Bonchev–Trinajstić information content (AvgIpc) is 2.65. The van der Waals surface area contributed by atoms with Crippen molar-refractivity contribution < 1.29 is 4.79 Å². The summed E-state index contributed by atoms with van der Waals surface area (Å²) in [6, 6.07) is -0.215. The van der Waals surface area contributed by atoms with Crippen LogP contribution in [0.2, 0.25) is 0 Å². The Balaban J connectivity index is 2.38. The highest BCUT2D eigenvalue weighted by molar-refractivity contribution is 5.81. The molecule has 1 saturated carbocycles. The Morgan fingerprint density at radius 1 is 1.60 bits per heavy atom. The lowest BCUT2D eigenvalue weighted by Gasteiger charge is -2.15. The van der Waals surface area contributed by atoms with E-state index in [1.54, 1.807) is 6.92 Å². The molecular weight excluding hydrogens is 126 g/mol. The van der Waals surface area contributed by atoms with Crippen molar-refractivity contribution >= 4 is 5.78 Å². The number of rotatable bonds is 3. The van der Waals surface area contributed by atoms with Crippen molar-refractivity contribution in [3.63, 3.8) is 0 Å². The zero-order valence-corrected chi connectivity index (χ0v) is 6.63. The summed E-state index contributed by atoms with van der Waals surface area (Å²) in [6.45, 7) is 3.65. The Morgan fingerprint density at radius 2 is 2.10 bits per heavy atom. The lowest BCUT2D eigenvalue weighted by atomic mass is 9.95. The van der Waals surface area contributed by atoms with E-state index in [9.17, 15) is 4.79 Å². The SMILES string of the molecule is CC(=O)C(N)C(C)C1CC1. The van der Waals surface area contributed by atoms with E-state index >= 15 is 0 Å². The molecule has 0 aliphatic heterocycles. The summed E-state index contributed by atoms with van der Waals surface area (Å²) in [5.41, 5.74) is 5.65. The van der Waals surface area contributed by atoms with Crippen LogP contribution in [0.1, 0.15) is 26.7 Å². The molecule has 2 N–H and O–H groups in total. The predicted molar refractivity (Wildman–Crippen MR) is 40.5 cm³/mol. The molecule has 0 spiro atoms. The fourth-order valence-electron chi connectivity index (χ4n) is 1.29. The second-order valence-electron chi connectivity index (χ2n) is 3.33. The van der Waals surface area contributed by atoms with Crippen LogP contribution in [0, 0.1) is 11.8 Å². The van der Waals surface area contributed by atoms with Crippen molar-refractivity contribution in [2.75, 3.05) is 0 Å². The fraction of sp³-hybridized carbons (Fsp3) is 0.875. The summed E-state index contributed by atoms with van der Waals surface area (Å²) in [6.07, 6.45) is 2.53. The standard InChI is InChI=1S/C8H15NO/c1-5(7-3-4-7)8(9)6(2)10/h5,7-8H,3-4,9H2,1-2H3. The Labute approximate surface area is 61.8 Å². The minimum absolute atomic E-state index is 0.124. The van der Waals surface area contributed by atoms with Gasteiger partial charge in [-0.25, -0.2) is 0 Å². The van der Waals surface area contributed by atoms with E-state index < -0.39 is 0 Å². The number of hydrogen-bond donors (Lipinski definition) is 1. The van der Waals surface area contributed by atoms with Crippen molar-refractivity contribution in [1.29, 1.82) is 0 Å². The molecule has 10 heavy (non-hydrogen) atoms. The first-order valence-corrected chi connectivity index (χ1v) is 3.89.